The molecule has 0 fully saturated rings. The summed E-state index contributed by atoms with van der Waals surface area (Å²) in [7, 11) is 0. The second-order valence-corrected chi connectivity index (χ2v) is 5.90. The number of hydrogen-bond acceptors (Lipinski definition) is 4. The molecule has 6 nitrogen and oxygen atoms in total. The minimum atomic E-state index is 0.521. The van der Waals surface area contributed by atoms with Gasteiger partial charge in [-0.05, 0) is 48.7 Å². The third-order valence-corrected chi connectivity index (χ3v) is 3.94. The average molecular weight is 349 g/mol. The summed E-state index contributed by atoms with van der Waals surface area (Å²) in [5.74, 6) is 1.59. The summed E-state index contributed by atoms with van der Waals surface area (Å²) in [5.41, 5.74) is 3.29. The molecular formula is C20H23N5O. The van der Waals surface area contributed by atoms with Crippen LogP contribution in [0.5, 0.6) is 0 Å². The Morgan fingerprint density at radius 3 is 2.81 bits per heavy atom. The van der Waals surface area contributed by atoms with Crippen LogP contribution >= 0.6 is 0 Å². The van der Waals surface area contributed by atoms with Gasteiger partial charge in [-0.25, -0.2) is 4.99 Å². The Balaban J connectivity index is 1.60. The summed E-state index contributed by atoms with van der Waals surface area (Å²) in [5, 5.41) is 6.66. The molecule has 2 N–H and O–H groups in total. The standard InChI is InChI=1S/C20H23N5O/c1-16-5-2-10-22-19(16)15-25-20(24-14-18-7-4-12-26-18)23-11-8-17-6-3-9-21-13-17/h2-7,9-10,12-13H,8,11,14-15H2,1H3,(H2,23,24,25). The second kappa shape index (κ2) is 9.36. The molecule has 6 heteroatoms. The highest BCUT2D eigenvalue weighted by Gasteiger charge is 2.03. The van der Waals surface area contributed by atoms with E-state index < -0.39 is 0 Å². The Hall–Kier alpha value is -3.15. The number of nitrogens with zero attached hydrogens (tertiary/aromatic N) is 3. The molecule has 0 radical (unpaired) electrons. The number of aryl methyl sites for hydroxylation is 1. The van der Waals surface area contributed by atoms with Gasteiger partial charge >= 0.3 is 0 Å². The monoisotopic (exact) mass is 349 g/mol. The lowest BCUT2D eigenvalue weighted by Gasteiger charge is -2.12. The van der Waals surface area contributed by atoms with Gasteiger partial charge in [0, 0.05) is 25.1 Å². The van der Waals surface area contributed by atoms with Gasteiger partial charge in [0.1, 0.15) is 5.76 Å². The van der Waals surface area contributed by atoms with Crippen LogP contribution in [0, 0.1) is 6.92 Å². The van der Waals surface area contributed by atoms with Crippen LogP contribution < -0.4 is 10.6 Å². The first kappa shape index (κ1) is 17.7. The van der Waals surface area contributed by atoms with E-state index in [1.807, 2.05) is 43.5 Å². The van der Waals surface area contributed by atoms with Gasteiger partial charge in [-0.2, -0.15) is 0 Å². The van der Waals surface area contributed by atoms with Crippen molar-refractivity contribution in [3.8, 4) is 0 Å². The Morgan fingerprint density at radius 2 is 2.04 bits per heavy atom. The van der Waals surface area contributed by atoms with Crippen molar-refractivity contribution in [2.75, 3.05) is 6.54 Å². The van der Waals surface area contributed by atoms with Gasteiger partial charge in [0.25, 0.3) is 0 Å². The number of hydrogen-bond donors (Lipinski definition) is 2. The van der Waals surface area contributed by atoms with Gasteiger partial charge < -0.3 is 15.1 Å². The van der Waals surface area contributed by atoms with E-state index in [-0.39, 0.29) is 0 Å². The molecule has 0 saturated carbocycles. The maximum absolute atomic E-state index is 5.37. The lowest BCUT2D eigenvalue weighted by atomic mass is 10.2. The first-order valence-corrected chi connectivity index (χ1v) is 8.65. The smallest absolute Gasteiger partial charge is 0.192 e. The molecule has 26 heavy (non-hydrogen) atoms. The molecule has 0 spiro atoms. The van der Waals surface area contributed by atoms with Gasteiger partial charge in [0.05, 0.1) is 25.0 Å². The van der Waals surface area contributed by atoms with Crippen LogP contribution in [0.2, 0.25) is 0 Å². The number of guanidine groups is 1. The fourth-order valence-electron chi connectivity index (χ4n) is 2.47. The van der Waals surface area contributed by atoms with Crippen molar-refractivity contribution in [2.45, 2.75) is 26.4 Å². The fraction of sp³-hybridized carbons (Fsp3) is 0.250. The molecule has 0 amide bonds. The number of rotatable bonds is 7. The number of aliphatic imine (C=N–C) groups is 1. The number of pyridine rings is 2. The van der Waals surface area contributed by atoms with E-state index in [9.17, 15) is 0 Å². The first-order chi connectivity index (χ1) is 12.8. The molecule has 3 heterocycles. The van der Waals surface area contributed by atoms with Crippen molar-refractivity contribution in [2.24, 2.45) is 4.99 Å². The third-order valence-electron chi connectivity index (χ3n) is 3.94. The maximum Gasteiger partial charge on any atom is 0.192 e. The SMILES string of the molecule is Cc1cccnc1CN=C(NCCc1cccnc1)NCc1ccco1. The Bertz CT molecular complexity index is 815. The number of furan rings is 1. The predicted molar refractivity (Wildman–Crippen MR) is 102 cm³/mol. The molecule has 0 bridgehead atoms. The molecule has 0 aromatic carbocycles. The van der Waals surface area contributed by atoms with Gasteiger partial charge in [-0.3, -0.25) is 9.97 Å². The number of aromatic nitrogens is 2. The highest BCUT2D eigenvalue weighted by Crippen LogP contribution is 2.05. The molecule has 0 aliphatic heterocycles. The van der Waals surface area contributed by atoms with Gasteiger partial charge in [-0.15, -0.1) is 0 Å². The molecule has 0 aliphatic carbocycles. The fourth-order valence-corrected chi connectivity index (χ4v) is 2.47. The first-order valence-electron chi connectivity index (χ1n) is 8.65. The van der Waals surface area contributed by atoms with Gasteiger partial charge in [0.2, 0.25) is 0 Å². The zero-order chi connectivity index (χ0) is 18.0. The van der Waals surface area contributed by atoms with Gasteiger partial charge in [0.15, 0.2) is 5.96 Å². The van der Waals surface area contributed by atoms with Crippen molar-refractivity contribution in [1.82, 2.24) is 20.6 Å². The molecule has 3 aromatic rings. The summed E-state index contributed by atoms with van der Waals surface area (Å²) in [6, 6.07) is 11.8. The van der Waals surface area contributed by atoms with Crippen molar-refractivity contribution in [3.05, 3.63) is 83.8 Å². The summed E-state index contributed by atoms with van der Waals surface area (Å²) < 4.78 is 5.37. The molecule has 0 atom stereocenters. The van der Waals surface area contributed by atoms with E-state index in [1.165, 1.54) is 5.56 Å². The molecule has 3 aromatic heterocycles. The van der Waals surface area contributed by atoms with Crippen LogP contribution in [0.25, 0.3) is 0 Å². The van der Waals surface area contributed by atoms with Crippen LogP contribution in [-0.2, 0) is 19.5 Å². The lowest BCUT2D eigenvalue weighted by Crippen LogP contribution is -2.38. The van der Waals surface area contributed by atoms with E-state index >= 15 is 0 Å². The molecule has 3 rings (SSSR count). The normalized spacial score (nSPS) is 11.3. The summed E-state index contributed by atoms with van der Waals surface area (Å²) in [6.45, 7) is 3.90. The minimum absolute atomic E-state index is 0.521. The zero-order valence-corrected chi connectivity index (χ0v) is 14.9. The molecule has 0 saturated heterocycles. The molecule has 0 aliphatic rings. The Labute approximate surface area is 153 Å². The van der Waals surface area contributed by atoms with E-state index in [0.29, 0.717) is 13.1 Å². The average Bonchev–Trinajstić information content (AvgIpc) is 3.19. The summed E-state index contributed by atoms with van der Waals surface area (Å²) in [4.78, 5) is 13.2. The highest BCUT2D eigenvalue weighted by molar-refractivity contribution is 5.79. The van der Waals surface area contributed by atoms with Crippen LogP contribution in [0.1, 0.15) is 22.6 Å². The van der Waals surface area contributed by atoms with E-state index in [4.69, 9.17) is 4.42 Å². The van der Waals surface area contributed by atoms with Crippen LogP contribution in [0.15, 0.2) is 70.7 Å². The molecule has 0 unspecified atom stereocenters. The van der Waals surface area contributed by atoms with Crippen LogP contribution in [-0.4, -0.2) is 22.5 Å². The highest BCUT2D eigenvalue weighted by atomic mass is 16.3. The van der Waals surface area contributed by atoms with E-state index in [0.717, 1.165) is 35.9 Å². The van der Waals surface area contributed by atoms with E-state index in [2.05, 4.69) is 31.7 Å². The topological polar surface area (TPSA) is 75.3 Å². The van der Waals surface area contributed by atoms with Crippen molar-refractivity contribution < 1.29 is 4.42 Å². The zero-order valence-electron chi connectivity index (χ0n) is 14.9. The minimum Gasteiger partial charge on any atom is -0.467 e. The molecular weight excluding hydrogens is 326 g/mol. The summed E-state index contributed by atoms with van der Waals surface area (Å²) >= 11 is 0. The van der Waals surface area contributed by atoms with Crippen LogP contribution in [0.3, 0.4) is 0 Å². The quantitative estimate of drug-likeness (QED) is 0.507. The predicted octanol–water partition coefficient (Wildman–Crippen LogP) is 2.86. The van der Waals surface area contributed by atoms with Gasteiger partial charge in [-0.1, -0.05) is 12.1 Å². The molecule has 134 valence electrons. The summed E-state index contributed by atoms with van der Waals surface area (Å²) in [6.07, 6.45) is 8.00. The van der Waals surface area contributed by atoms with Crippen LogP contribution in [0.4, 0.5) is 0 Å². The third kappa shape index (κ3) is 5.44. The maximum atomic E-state index is 5.37. The Kier molecular flexibility index (Phi) is 6.36. The second-order valence-electron chi connectivity index (χ2n) is 5.90. The van der Waals surface area contributed by atoms with Crippen molar-refractivity contribution in [1.29, 1.82) is 0 Å². The number of nitrogens with one attached hydrogen (secondary N) is 2. The van der Waals surface area contributed by atoms with Crippen molar-refractivity contribution in [3.63, 3.8) is 0 Å². The van der Waals surface area contributed by atoms with E-state index in [1.54, 1.807) is 18.7 Å². The largest absolute Gasteiger partial charge is 0.467 e. The lowest BCUT2D eigenvalue weighted by molar-refractivity contribution is 0.501. The Morgan fingerprint density at radius 1 is 1.12 bits per heavy atom. The van der Waals surface area contributed by atoms with Crippen molar-refractivity contribution >= 4 is 5.96 Å².